The molecule has 18 aromatic rings. The van der Waals surface area contributed by atoms with Crippen LogP contribution < -0.4 is 0 Å². The molecule has 0 heteroatoms. The van der Waals surface area contributed by atoms with Crippen LogP contribution in [0.15, 0.2) is 340 Å². The lowest BCUT2D eigenvalue weighted by Gasteiger charge is -2.20. The van der Waals surface area contributed by atoms with E-state index in [4.69, 9.17) is 0 Å². The van der Waals surface area contributed by atoms with Crippen molar-refractivity contribution in [3.8, 4) is 89.0 Å². The quantitative estimate of drug-likeness (QED) is 0.133. The highest BCUT2D eigenvalue weighted by Crippen LogP contribution is 2.50. The van der Waals surface area contributed by atoms with Crippen molar-refractivity contribution in [2.24, 2.45) is 0 Å². The van der Waals surface area contributed by atoms with Gasteiger partial charge in [0.2, 0.25) is 0 Å². The molecule has 0 saturated carbocycles. The fourth-order valence-electron chi connectivity index (χ4n) is 14.8. The molecule has 90 heavy (non-hydrogen) atoms. The molecular weight excluding hydrogens is 1080 g/mol. The summed E-state index contributed by atoms with van der Waals surface area (Å²) in [6.07, 6.45) is 0. The van der Waals surface area contributed by atoms with Crippen LogP contribution in [0.4, 0.5) is 0 Å². The smallest absolute Gasteiger partial charge is 0.00134 e. The summed E-state index contributed by atoms with van der Waals surface area (Å²) < 4.78 is 0. The third-order valence-electron chi connectivity index (χ3n) is 19.2. The summed E-state index contributed by atoms with van der Waals surface area (Å²) in [5, 5.41) is 22.2. The van der Waals surface area contributed by atoms with Crippen molar-refractivity contribution in [3.63, 3.8) is 0 Å². The Morgan fingerprint density at radius 2 is 0.278 bits per heavy atom. The van der Waals surface area contributed by atoms with Gasteiger partial charge in [-0.1, -0.05) is 291 Å². The maximum absolute atomic E-state index is 2.51. The number of hydrogen-bond acceptors (Lipinski definition) is 0. The molecule has 0 aliphatic carbocycles. The van der Waals surface area contributed by atoms with Crippen molar-refractivity contribution in [2.45, 2.75) is 0 Å². The van der Waals surface area contributed by atoms with Gasteiger partial charge in [0.1, 0.15) is 0 Å². The second kappa shape index (κ2) is 21.0. The molecule has 0 aromatic heterocycles. The van der Waals surface area contributed by atoms with Crippen molar-refractivity contribution in [3.05, 3.63) is 340 Å². The second-order valence-electron chi connectivity index (χ2n) is 24.2. The lowest BCUT2D eigenvalue weighted by molar-refractivity contribution is 1.60. The van der Waals surface area contributed by atoms with Crippen molar-refractivity contribution in [2.75, 3.05) is 0 Å². The Balaban J connectivity index is 0.955. The Bertz CT molecular complexity index is 5250. The van der Waals surface area contributed by atoms with Gasteiger partial charge in [-0.3, -0.25) is 0 Å². The van der Waals surface area contributed by atoms with Crippen molar-refractivity contribution in [1.29, 1.82) is 0 Å². The maximum atomic E-state index is 2.51. The van der Waals surface area contributed by atoms with Crippen LogP contribution in [0.5, 0.6) is 0 Å². The van der Waals surface area contributed by atoms with Crippen LogP contribution >= 0.6 is 0 Å². The highest BCUT2D eigenvalue weighted by Gasteiger charge is 2.22. The van der Waals surface area contributed by atoms with Gasteiger partial charge in [-0.25, -0.2) is 0 Å². The molecule has 0 amide bonds. The van der Waals surface area contributed by atoms with E-state index in [1.54, 1.807) is 0 Å². The zero-order valence-electron chi connectivity index (χ0n) is 49.3. The molecule has 0 saturated heterocycles. The number of fused-ring (bicyclic) bond motifs is 15. The van der Waals surface area contributed by atoms with Gasteiger partial charge in [0.05, 0.1) is 0 Å². The van der Waals surface area contributed by atoms with Crippen molar-refractivity contribution < 1.29 is 0 Å². The Morgan fingerprint density at radius 1 is 0.111 bits per heavy atom. The zero-order chi connectivity index (χ0) is 59.2. The minimum atomic E-state index is 1.18. The lowest BCUT2D eigenvalue weighted by Crippen LogP contribution is -1.93. The molecular formula is C90H56. The summed E-state index contributed by atoms with van der Waals surface area (Å²) in [5.74, 6) is 0. The predicted molar refractivity (Wildman–Crippen MR) is 387 cm³/mol. The molecule has 416 valence electrons. The third kappa shape index (κ3) is 8.60. The first-order valence-corrected chi connectivity index (χ1v) is 31.3. The molecule has 0 bridgehead atoms. The van der Waals surface area contributed by atoms with Crippen LogP contribution in [-0.4, -0.2) is 0 Å². The molecule has 0 atom stereocenters. The molecule has 18 rings (SSSR count). The minimum Gasteiger partial charge on any atom is -0.0616 e. The molecule has 0 aliphatic rings. The number of benzene rings is 18. The second-order valence-corrected chi connectivity index (χ2v) is 24.2. The average molecular weight is 1140 g/mol. The van der Waals surface area contributed by atoms with Gasteiger partial charge in [0, 0.05) is 0 Å². The molecule has 0 aliphatic heterocycles. The van der Waals surface area contributed by atoms with E-state index >= 15 is 0 Å². The molecule has 0 spiro atoms. The number of hydrogen-bond donors (Lipinski definition) is 0. The van der Waals surface area contributed by atoms with Gasteiger partial charge >= 0.3 is 0 Å². The van der Waals surface area contributed by atoms with Gasteiger partial charge in [-0.05, 0) is 234 Å². The highest BCUT2D eigenvalue weighted by atomic mass is 14.3. The summed E-state index contributed by atoms with van der Waals surface area (Å²) in [4.78, 5) is 0. The monoisotopic (exact) mass is 1140 g/mol. The van der Waals surface area contributed by atoms with Crippen molar-refractivity contribution in [1.82, 2.24) is 0 Å². The van der Waals surface area contributed by atoms with E-state index in [2.05, 4.69) is 340 Å². The average Bonchev–Trinajstić information content (AvgIpc) is 0.712. The van der Waals surface area contributed by atoms with E-state index in [-0.39, 0.29) is 0 Å². The molecule has 0 fully saturated rings. The predicted octanol–water partition coefficient (Wildman–Crippen LogP) is 25.4. The molecule has 0 heterocycles. The first-order valence-electron chi connectivity index (χ1n) is 31.3. The normalized spacial score (nSPS) is 11.8. The molecule has 18 aromatic carbocycles. The summed E-state index contributed by atoms with van der Waals surface area (Å²) >= 11 is 0. The van der Waals surface area contributed by atoms with E-state index in [9.17, 15) is 0 Å². The fraction of sp³-hybridized carbons (Fsp3) is 0. The Morgan fingerprint density at radius 3 is 0.489 bits per heavy atom. The van der Waals surface area contributed by atoms with E-state index < -0.39 is 0 Å². The van der Waals surface area contributed by atoms with Gasteiger partial charge in [-0.2, -0.15) is 0 Å². The maximum Gasteiger partial charge on any atom is -0.00134 e. The summed E-state index contributed by atoms with van der Waals surface area (Å²) in [6, 6.07) is 127. The zero-order valence-corrected chi connectivity index (χ0v) is 49.3. The fourth-order valence-corrected chi connectivity index (χ4v) is 14.8. The molecule has 0 radical (unpaired) electrons. The van der Waals surface area contributed by atoms with E-state index in [0.717, 1.165) is 0 Å². The molecule has 0 nitrogen and oxygen atoms in total. The summed E-state index contributed by atoms with van der Waals surface area (Å²) in [5.41, 5.74) is 19.1. The minimum absolute atomic E-state index is 1.18. The van der Waals surface area contributed by atoms with E-state index in [0.29, 0.717) is 0 Å². The molecule has 0 N–H and O–H groups in total. The third-order valence-corrected chi connectivity index (χ3v) is 19.2. The topological polar surface area (TPSA) is 0 Å². The molecule has 0 unspecified atom stereocenters. The van der Waals surface area contributed by atoms with Gasteiger partial charge in [-0.15, -0.1) is 0 Å². The largest absolute Gasteiger partial charge is 0.0616 e. The Hall–Kier alpha value is -11.7. The van der Waals surface area contributed by atoms with Crippen LogP contribution in [0.25, 0.3) is 186 Å². The number of rotatable bonds is 8. The SMILES string of the molecule is c1ccc(-c2ccc3c4ccc(-c5ccccc5-c5ccc6ccccc6c5)cc4c4c5cc(-c6ccccc6-c6ccc7ccccc7c6)ccc5c5ccc(-c6ccccc6-c6ccc7ccccc7c6)cc5c4c3c2)c(-c2ccc3ccccc3c2)c1. The van der Waals surface area contributed by atoms with Crippen LogP contribution in [0, 0.1) is 0 Å². The van der Waals surface area contributed by atoms with Crippen LogP contribution in [0.1, 0.15) is 0 Å². The van der Waals surface area contributed by atoms with Gasteiger partial charge in [0.25, 0.3) is 0 Å². The van der Waals surface area contributed by atoms with Gasteiger partial charge in [0.15, 0.2) is 0 Å². The summed E-state index contributed by atoms with van der Waals surface area (Å²) in [6.45, 7) is 0. The standard InChI is InChI=1S/C90H56/c1-5-21-61-49-65(37-33-57(61)17-1)73-25-9-13-29-77(73)69-41-45-81-82-46-42-71(79-31-15-11-27-75(79)67-39-35-59-19-3-7-23-63(59)51-67)55-87(82)90-88-56-72(80-32-16-12-28-76(80)68-40-36-60-20-4-8-24-64(60)52-68)44-48-84(88)83-47-43-70(54-86(83)89(90)85(81)53-69)78-30-14-10-26-74(78)66-38-34-58-18-2-6-22-62(58)50-66/h1-56H. The highest BCUT2D eigenvalue weighted by molar-refractivity contribution is 6.40. The first-order chi connectivity index (χ1) is 44.6. The van der Waals surface area contributed by atoms with E-state index in [1.807, 2.05) is 0 Å². The summed E-state index contributed by atoms with van der Waals surface area (Å²) in [7, 11) is 0. The van der Waals surface area contributed by atoms with Crippen LogP contribution in [0.2, 0.25) is 0 Å². The Kier molecular flexibility index (Phi) is 12.0. The van der Waals surface area contributed by atoms with E-state index in [1.165, 1.54) is 186 Å². The van der Waals surface area contributed by atoms with Crippen molar-refractivity contribution >= 4 is 97.0 Å². The Labute approximate surface area is 522 Å². The first kappa shape index (κ1) is 51.5. The van der Waals surface area contributed by atoms with Gasteiger partial charge < -0.3 is 0 Å². The van der Waals surface area contributed by atoms with Crippen LogP contribution in [-0.2, 0) is 0 Å². The van der Waals surface area contributed by atoms with Crippen LogP contribution in [0.3, 0.4) is 0 Å². The lowest BCUT2D eigenvalue weighted by atomic mass is 9.82.